The predicted octanol–water partition coefficient (Wildman–Crippen LogP) is 3.33. The summed E-state index contributed by atoms with van der Waals surface area (Å²) in [7, 11) is -2.51. The Morgan fingerprint density at radius 2 is 1.71 bits per heavy atom. The van der Waals surface area contributed by atoms with Crippen molar-refractivity contribution in [2.75, 3.05) is 7.11 Å². The quantitative estimate of drug-likeness (QED) is 0.384. The SMILES string of the molecule is COc1ccc(Cn2c(=N)c(S(=O)(=O)c3ccc(C)cc3)cc3c(=O)n4ccccc4nc32)cc1. The number of pyridine rings is 2. The number of rotatable bonds is 5. The van der Waals surface area contributed by atoms with Gasteiger partial charge in [0.25, 0.3) is 5.56 Å². The molecule has 5 aromatic rings. The summed E-state index contributed by atoms with van der Waals surface area (Å²) in [5.74, 6) is 0.674. The minimum Gasteiger partial charge on any atom is -0.497 e. The summed E-state index contributed by atoms with van der Waals surface area (Å²) in [5, 5.41) is 9.01. The van der Waals surface area contributed by atoms with E-state index in [1.165, 1.54) is 27.2 Å². The van der Waals surface area contributed by atoms with Crippen LogP contribution in [-0.2, 0) is 16.4 Å². The molecule has 1 N–H and O–H groups in total. The van der Waals surface area contributed by atoms with Crippen molar-refractivity contribution in [2.24, 2.45) is 0 Å². The summed E-state index contributed by atoms with van der Waals surface area (Å²) in [6.07, 6.45) is 1.58. The molecule has 5 rings (SSSR count). The molecule has 0 fully saturated rings. The van der Waals surface area contributed by atoms with Gasteiger partial charge in [0.05, 0.1) is 23.9 Å². The van der Waals surface area contributed by atoms with E-state index in [0.717, 1.165) is 11.1 Å². The summed E-state index contributed by atoms with van der Waals surface area (Å²) in [4.78, 5) is 17.8. The molecule has 0 aliphatic rings. The van der Waals surface area contributed by atoms with Crippen molar-refractivity contribution in [2.45, 2.75) is 23.3 Å². The van der Waals surface area contributed by atoms with E-state index in [1.807, 2.05) is 19.1 Å². The number of nitrogens with zero attached hydrogens (tertiary/aromatic N) is 3. The minimum absolute atomic E-state index is 0.0563. The van der Waals surface area contributed by atoms with Crippen LogP contribution in [-0.4, -0.2) is 29.5 Å². The number of fused-ring (bicyclic) bond motifs is 2. The van der Waals surface area contributed by atoms with Crippen LogP contribution in [0.4, 0.5) is 0 Å². The Bertz CT molecular complexity index is 1800. The van der Waals surface area contributed by atoms with Gasteiger partial charge in [-0.15, -0.1) is 0 Å². The highest BCUT2D eigenvalue weighted by atomic mass is 32.2. The summed E-state index contributed by atoms with van der Waals surface area (Å²) in [6, 6.07) is 20.1. The van der Waals surface area contributed by atoms with Gasteiger partial charge in [0, 0.05) is 6.20 Å². The molecule has 0 spiro atoms. The van der Waals surface area contributed by atoms with Crippen LogP contribution < -0.4 is 15.8 Å². The number of sulfone groups is 1. The first-order valence-corrected chi connectivity index (χ1v) is 12.3. The van der Waals surface area contributed by atoms with Crippen LogP contribution in [0.5, 0.6) is 5.75 Å². The lowest BCUT2D eigenvalue weighted by atomic mass is 10.2. The Kier molecular flexibility index (Phi) is 5.49. The second kappa shape index (κ2) is 8.52. The standard InChI is InChI=1S/C26H22N4O4S/c1-17-6-12-20(13-7-17)35(32,33)22-15-21-25(28-23-5-3-4-14-29(23)26(21)31)30(24(22)27)16-18-8-10-19(34-2)11-9-18/h3-15,27H,16H2,1-2H3. The van der Waals surface area contributed by atoms with Crippen molar-refractivity contribution in [3.05, 3.63) is 106 Å². The van der Waals surface area contributed by atoms with Crippen LogP contribution in [0.1, 0.15) is 11.1 Å². The third-order valence-electron chi connectivity index (χ3n) is 5.90. The van der Waals surface area contributed by atoms with Crippen LogP contribution in [0, 0.1) is 12.3 Å². The lowest BCUT2D eigenvalue weighted by molar-refractivity contribution is 0.414. The molecule has 0 amide bonds. The lowest BCUT2D eigenvalue weighted by Crippen LogP contribution is -2.30. The number of hydrogen-bond acceptors (Lipinski definition) is 6. The highest BCUT2D eigenvalue weighted by Crippen LogP contribution is 2.22. The van der Waals surface area contributed by atoms with E-state index in [4.69, 9.17) is 10.1 Å². The topological polar surface area (TPSA) is 107 Å². The van der Waals surface area contributed by atoms with Gasteiger partial charge in [0.15, 0.2) is 0 Å². The summed E-state index contributed by atoms with van der Waals surface area (Å²) in [5.41, 5.74) is 1.70. The van der Waals surface area contributed by atoms with Gasteiger partial charge in [-0.2, -0.15) is 0 Å². The third-order valence-corrected chi connectivity index (χ3v) is 7.69. The maximum atomic E-state index is 13.6. The molecule has 0 aliphatic carbocycles. The lowest BCUT2D eigenvalue weighted by Gasteiger charge is -2.15. The molecule has 2 aromatic carbocycles. The van der Waals surface area contributed by atoms with Crippen LogP contribution in [0.2, 0.25) is 0 Å². The third kappa shape index (κ3) is 3.89. The van der Waals surface area contributed by atoms with Crippen LogP contribution in [0.25, 0.3) is 16.7 Å². The zero-order chi connectivity index (χ0) is 24.7. The molecule has 9 heteroatoms. The van der Waals surface area contributed by atoms with E-state index < -0.39 is 15.4 Å². The van der Waals surface area contributed by atoms with Gasteiger partial charge in [-0.05, 0) is 55.0 Å². The number of aryl methyl sites for hydroxylation is 1. The Labute approximate surface area is 201 Å². The molecule has 0 atom stereocenters. The Morgan fingerprint density at radius 1 is 1.00 bits per heavy atom. The average Bonchev–Trinajstić information content (AvgIpc) is 2.86. The summed E-state index contributed by atoms with van der Waals surface area (Å²) in [6.45, 7) is 2.01. The number of benzene rings is 2. The Hall–Kier alpha value is -4.24. The molecule has 0 saturated heterocycles. The first-order valence-electron chi connectivity index (χ1n) is 10.8. The minimum atomic E-state index is -4.08. The molecule has 0 unspecified atom stereocenters. The van der Waals surface area contributed by atoms with E-state index in [-0.39, 0.29) is 32.9 Å². The first kappa shape index (κ1) is 22.5. The monoisotopic (exact) mass is 486 g/mol. The number of aromatic nitrogens is 3. The van der Waals surface area contributed by atoms with Crippen molar-refractivity contribution < 1.29 is 13.2 Å². The summed E-state index contributed by atoms with van der Waals surface area (Å²) >= 11 is 0. The highest BCUT2D eigenvalue weighted by molar-refractivity contribution is 7.91. The summed E-state index contributed by atoms with van der Waals surface area (Å²) < 4.78 is 35.2. The van der Waals surface area contributed by atoms with Crippen LogP contribution in [0.3, 0.4) is 0 Å². The van der Waals surface area contributed by atoms with Crippen molar-refractivity contribution in [1.82, 2.24) is 14.0 Å². The Morgan fingerprint density at radius 3 is 2.40 bits per heavy atom. The van der Waals surface area contributed by atoms with Gasteiger partial charge in [0.2, 0.25) is 9.84 Å². The number of ether oxygens (including phenoxy) is 1. The Balaban J connectivity index is 1.83. The molecular weight excluding hydrogens is 464 g/mol. The van der Waals surface area contributed by atoms with Crippen molar-refractivity contribution in [1.29, 1.82) is 5.41 Å². The molecule has 3 heterocycles. The molecular formula is C26H22N4O4S. The van der Waals surface area contributed by atoms with Crippen LogP contribution in [0.15, 0.2) is 93.6 Å². The van der Waals surface area contributed by atoms with E-state index in [1.54, 1.807) is 55.8 Å². The first-order chi connectivity index (χ1) is 16.8. The maximum Gasteiger partial charge on any atom is 0.267 e. The molecule has 35 heavy (non-hydrogen) atoms. The molecule has 0 saturated carbocycles. The zero-order valence-corrected chi connectivity index (χ0v) is 19.9. The molecule has 8 nitrogen and oxygen atoms in total. The molecule has 3 aromatic heterocycles. The fourth-order valence-corrected chi connectivity index (χ4v) is 5.36. The second-order valence-corrected chi connectivity index (χ2v) is 10.1. The maximum absolute atomic E-state index is 13.6. The second-order valence-electron chi connectivity index (χ2n) is 8.19. The van der Waals surface area contributed by atoms with Crippen molar-refractivity contribution >= 4 is 26.5 Å². The van der Waals surface area contributed by atoms with Gasteiger partial charge in [0.1, 0.15) is 27.4 Å². The van der Waals surface area contributed by atoms with Gasteiger partial charge < -0.3 is 9.30 Å². The van der Waals surface area contributed by atoms with Gasteiger partial charge in [-0.25, -0.2) is 13.4 Å². The highest BCUT2D eigenvalue weighted by Gasteiger charge is 2.24. The number of hydrogen-bond donors (Lipinski definition) is 1. The van der Waals surface area contributed by atoms with E-state index in [0.29, 0.717) is 11.4 Å². The predicted molar refractivity (Wildman–Crippen MR) is 132 cm³/mol. The molecule has 0 aliphatic heterocycles. The van der Waals surface area contributed by atoms with Gasteiger partial charge in [-0.3, -0.25) is 14.6 Å². The zero-order valence-electron chi connectivity index (χ0n) is 19.1. The van der Waals surface area contributed by atoms with Gasteiger partial charge >= 0.3 is 0 Å². The van der Waals surface area contributed by atoms with E-state index >= 15 is 0 Å². The van der Waals surface area contributed by atoms with Crippen molar-refractivity contribution in [3.63, 3.8) is 0 Å². The van der Waals surface area contributed by atoms with E-state index in [9.17, 15) is 13.2 Å². The van der Waals surface area contributed by atoms with Gasteiger partial charge in [-0.1, -0.05) is 35.9 Å². The van der Waals surface area contributed by atoms with E-state index in [2.05, 4.69) is 4.98 Å². The normalized spacial score (nSPS) is 11.7. The largest absolute Gasteiger partial charge is 0.497 e. The molecule has 176 valence electrons. The van der Waals surface area contributed by atoms with Crippen LogP contribution >= 0.6 is 0 Å². The average molecular weight is 487 g/mol. The molecule has 0 radical (unpaired) electrons. The number of methoxy groups -OCH3 is 1. The molecule has 0 bridgehead atoms. The number of nitrogens with one attached hydrogen (secondary N) is 1. The fraction of sp³-hybridized carbons (Fsp3) is 0.115. The smallest absolute Gasteiger partial charge is 0.267 e. The fourth-order valence-electron chi connectivity index (χ4n) is 3.98. The van der Waals surface area contributed by atoms with Crippen molar-refractivity contribution in [3.8, 4) is 5.75 Å².